The summed E-state index contributed by atoms with van der Waals surface area (Å²) in [6.45, 7) is 4.94. The number of hydrogen-bond acceptors (Lipinski definition) is 0. The molecule has 118 valence electrons. The number of fused-ring (bicyclic) bond motifs is 2. The van der Waals surface area contributed by atoms with Crippen LogP contribution < -0.4 is 0 Å². The molecule has 2 aromatic rings. The first-order valence-electron chi connectivity index (χ1n) is 7.48. The Bertz CT molecular complexity index is 620. The average molecular weight is 408 g/mol. The van der Waals surface area contributed by atoms with E-state index in [-0.39, 0.29) is 41.1 Å². The van der Waals surface area contributed by atoms with Crippen LogP contribution in [0.15, 0.2) is 48.5 Å². The van der Waals surface area contributed by atoms with E-state index >= 15 is 0 Å². The van der Waals surface area contributed by atoms with Gasteiger partial charge in [0.2, 0.25) is 0 Å². The van der Waals surface area contributed by atoms with Crippen molar-refractivity contribution in [2.75, 3.05) is 0 Å². The van der Waals surface area contributed by atoms with Crippen molar-refractivity contribution in [3.05, 3.63) is 122 Å². The van der Waals surface area contributed by atoms with Gasteiger partial charge < -0.3 is 14.9 Å². The minimum Gasteiger partial charge on any atom is -0.358 e. The summed E-state index contributed by atoms with van der Waals surface area (Å²) in [5.74, 6) is 0. The third-order valence-corrected chi connectivity index (χ3v) is 8.27. The van der Waals surface area contributed by atoms with Crippen LogP contribution in [0.1, 0.15) is 22.3 Å². The molecule has 0 spiro atoms. The Morgan fingerprint density at radius 1 is 0.583 bits per heavy atom. The van der Waals surface area contributed by atoms with Gasteiger partial charge in [-0.25, -0.2) is 0 Å². The van der Waals surface area contributed by atoms with Gasteiger partial charge in [-0.2, -0.15) is 0 Å². The van der Waals surface area contributed by atoms with Gasteiger partial charge in [0, 0.05) is 11.1 Å². The molecule has 6 radical (unpaired) electrons. The van der Waals surface area contributed by atoms with Gasteiger partial charge in [-0.15, -0.1) is 0 Å². The van der Waals surface area contributed by atoms with Gasteiger partial charge in [-0.3, -0.25) is 0 Å². The molecule has 0 N–H and O–H groups in total. The largest absolute Gasteiger partial charge is 4.00 e. The van der Waals surface area contributed by atoms with Crippen molar-refractivity contribution in [1.29, 1.82) is 0 Å². The van der Waals surface area contributed by atoms with E-state index in [1.807, 2.05) is 0 Å². The van der Waals surface area contributed by atoms with Crippen LogP contribution in [0.3, 0.4) is 0 Å². The average Bonchev–Trinajstić information content (AvgIpc) is 3.12. The van der Waals surface area contributed by atoms with Crippen LogP contribution in [-0.4, -0.2) is 8.07 Å². The van der Waals surface area contributed by atoms with Crippen LogP contribution in [0.25, 0.3) is 0 Å². The first kappa shape index (κ1) is 21.6. The second kappa shape index (κ2) is 8.28. The fourth-order valence-corrected chi connectivity index (χ4v) is 6.63. The van der Waals surface area contributed by atoms with Crippen molar-refractivity contribution in [3.63, 3.8) is 0 Å². The molecule has 0 heterocycles. The van der Waals surface area contributed by atoms with E-state index in [0.29, 0.717) is 0 Å². The summed E-state index contributed by atoms with van der Waals surface area (Å²) in [5, 5.41) is 0. The van der Waals surface area contributed by atoms with Crippen LogP contribution in [0.5, 0.6) is 0 Å². The SMILES string of the molecule is C[Si](C)([C]1[CH][CH]c2ccccc21)[C]1[CH][CH]c2ccccc21.[CH3-].[CH3-].[Zr+4]. The van der Waals surface area contributed by atoms with Gasteiger partial charge in [0.15, 0.2) is 0 Å². The summed E-state index contributed by atoms with van der Waals surface area (Å²) >= 11 is 0. The maximum Gasteiger partial charge on any atom is 4.00 e. The molecule has 24 heavy (non-hydrogen) atoms. The molecule has 0 aliphatic heterocycles. The van der Waals surface area contributed by atoms with Gasteiger partial charge in [-0.05, 0) is 47.9 Å². The van der Waals surface area contributed by atoms with E-state index in [1.165, 1.54) is 22.3 Å². The number of rotatable bonds is 2. The molecule has 2 aliphatic carbocycles. The van der Waals surface area contributed by atoms with Crippen LogP contribution in [0.4, 0.5) is 0 Å². The Kier molecular flexibility index (Phi) is 7.45. The normalized spacial score (nSPS) is 16.4. The van der Waals surface area contributed by atoms with E-state index in [4.69, 9.17) is 0 Å². The van der Waals surface area contributed by atoms with Crippen molar-refractivity contribution < 1.29 is 26.2 Å². The molecule has 0 saturated carbocycles. The van der Waals surface area contributed by atoms with E-state index in [9.17, 15) is 0 Å². The quantitative estimate of drug-likeness (QED) is 0.458. The summed E-state index contributed by atoms with van der Waals surface area (Å²) in [5.41, 5.74) is 8.69. The van der Waals surface area contributed by atoms with E-state index in [0.717, 1.165) is 0 Å². The van der Waals surface area contributed by atoms with Crippen LogP contribution >= 0.6 is 0 Å². The third-order valence-electron chi connectivity index (χ3n) is 4.71. The molecular formula is C22H24SiZr+2. The van der Waals surface area contributed by atoms with Crippen molar-refractivity contribution in [2.24, 2.45) is 0 Å². The molecule has 0 amide bonds. The van der Waals surface area contributed by atoms with Crippen molar-refractivity contribution >= 4 is 8.07 Å². The van der Waals surface area contributed by atoms with Gasteiger partial charge in [-0.1, -0.05) is 61.6 Å². The molecule has 0 nitrogen and oxygen atoms in total. The van der Waals surface area contributed by atoms with Crippen molar-refractivity contribution in [2.45, 2.75) is 13.1 Å². The molecule has 0 unspecified atom stereocenters. The Balaban J connectivity index is 0.000000960. The molecule has 0 fully saturated rings. The molecular weight excluding hydrogens is 384 g/mol. The van der Waals surface area contributed by atoms with Crippen molar-refractivity contribution in [1.82, 2.24) is 0 Å². The maximum absolute atomic E-state index is 2.47. The van der Waals surface area contributed by atoms with Crippen LogP contribution in [0, 0.1) is 51.6 Å². The Labute approximate surface area is 169 Å². The molecule has 0 bridgehead atoms. The standard InChI is InChI=1S/C20H18Si.2CH3.Zr/c1-21(2,19-13-11-15-7-3-5-9-17(15)19)20-14-12-16-8-4-6-10-18(16)20;;;/h3-14H,1-2H3;2*1H3;/q;2*-1;+4. The molecule has 4 rings (SSSR count). The molecule has 2 aromatic carbocycles. The van der Waals surface area contributed by atoms with Gasteiger partial charge in [0.05, 0.1) is 8.07 Å². The second-order valence-corrected chi connectivity index (χ2v) is 10.6. The zero-order chi connectivity index (χ0) is 14.4. The van der Waals surface area contributed by atoms with E-state index in [2.05, 4.69) is 87.3 Å². The Morgan fingerprint density at radius 2 is 0.958 bits per heavy atom. The van der Waals surface area contributed by atoms with Crippen molar-refractivity contribution in [3.8, 4) is 0 Å². The Hall–Kier alpha value is -0.460. The Morgan fingerprint density at radius 3 is 1.38 bits per heavy atom. The molecule has 0 aromatic heterocycles. The third kappa shape index (κ3) is 3.42. The van der Waals surface area contributed by atoms with E-state index in [1.54, 1.807) is 11.1 Å². The van der Waals surface area contributed by atoms with Gasteiger partial charge >= 0.3 is 26.2 Å². The second-order valence-electron chi connectivity index (χ2n) is 6.29. The summed E-state index contributed by atoms with van der Waals surface area (Å²) < 4.78 is 0. The molecule has 2 aliphatic rings. The molecule has 0 atom stereocenters. The van der Waals surface area contributed by atoms with Crippen LogP contribution in [0.2, 0.25) is 13.1 Å². The summed E-state index contributed by atoms with van der Waals surface area (Å²) in [7, 11) is -1.68. The summed E-state index contributed by atoms with van der Waals surface area (Å²) in [6, 6.07) is 17.5. The minimum atomic E-state index is -1.68. The molecule has 0 saturated heterocycles. The van der Waals surface area contributed by atoms with E-state index < -0.39 is 8.07 Å². The minimum absolute atomic E-state index is 0. The summed E-state index contributed by atoms with van der Waals surface area (Å²) in [6.07, 6.45) is 9.23. The summed E-state index contributed by atoms with van der Waals surface area (Å²) in [4.78, 5) is 0. The fraction of sp³-hybridized carbons (Fsp3) is 0.0909. The monoisotopic (exact) mass is 406 g/mol. The van der Waals surface area contributed by atoms with Gasteiger partial charge in [0.1, 0.15) is 0 Å². The predicted molar refractivity (Wildman–Crippen MR) is 103 cm³/mol. The first-order chi connectivity index (χ1) is 10.2. The number of benzene rings is 2. The first-order valence-corrected chi connectivity index (χ1v) is 10.5. The zero-order valence-corrected chi connectivity index (χ0v) is 18.4. The molecule has 2 heteroatoms. The fourth-order valence-electron chi connectivity index (χ4n) is 3.54. The smallest absolute Gasteiger partial charge is 0.358 e. The van der Waals surface area contributed by atoms with Gasteiger partial charge in [0.25, 0.3) is 0 Å². The maximum atomic E-state index is 2.47. The predicted octanol–water partition coefficient (Wildman–Crippen LogP) is 5.46. The number of hydrogen-bond donors (Lipinski definition) is 0. The van der Waals surface area contributed by atoms with Crippen LogP contribution in [-0.2, 0) is 26.2 Å². The zero-order valence-electron chi connectivity index (χ0n) is 14.9. The topological polar surface area (TPSA) is 0 Å².